The van der Waals surface area contributed by atoms with E-state index in [2.05, 4.69) is 4.18 Å². The van der Waals surface area contributed by atoms with Gasteiger partial charge < -0.3 is 18.9 Å². The van der Waals surface area contributed by atoms with Gasteiger partial charge in [-0.05, 0) is 24.3 Å². The summed E-state index contributed by atoms with van der Waals surface area (Å²) in [5, 5.41) is 0. The average molecular weight is 518 g/mol. The lowest BCUT2D eigenvalue weighted by Gasteiger charge is -2.39. The molecule has 1 heterocycles. The summed E-state index contributed by atoms with van der Waals surface area (Å²) in [5.41, 5.74) is -5.55. The number of ether oxygens (including phenoxy) is 4. The molecule has 9 nitrogen and oxygen atoms in total. The number of benzene rings is 2. The van der Waals surface area contributed by atoms with Crippen LogP contribution in [0, 0.1) is 0 Å². The Kier molecular flexibility index (Phi) is 8.48. The predicted molar refractivity (Wildman–Crippen MR) is 113 cm³/mol. The average Bonchev–Trinajstić information content (AvgIpc) is 2.84. The highest BCUT2D eigenvalue weighted by atomic mass is 32.2. The summed E-state index contributed by atoms with van der Waals surface area (Å²) < 4.78 is 88.2. The molecule has 0 bridgehead atoms. The van der Waals surface area contributed by atoms with E-state index in [0.717, 1.165) is 0 Å². The molecule has 0 saturated carbocycles. The van der Waals surface area contributed by atoms with E-state index in [-0.39, 0.29) is 17.5 Å². The number of esters is 2. The molecule has 4 atom stereocenters. The Hall–Kier alpha value is -3.00. The molecule has 1 aliphatic heterocycles. The van der Waals surface area contributed by atoms with Gasteiger partial charge in [0.15, 0.2) is 6.29 Å². The maximum absolute atomic E-state index is 13.1. The Morgan fingerprint density at radius 2 is 1.51 bits per heavy atom. The minimum absolute atomic E-state index is 0.0671. The summed E-state index contributed by atoms with van der Waals surface area (Å²) in [5.74, 6) is -1.78. The van der Waals surface area contributed by atoms with Gasteiger partial charge >= 0.3 is 27.6 Å². The van der Waals surface area contributed by atoms with Gasteiger partial charge in [-0.3, -0.25) is 4.18 Å². The fourth-order valence-corrected chi connectivity index (χ4v) is 3.86. The van der Waals surface area contributed by atoms with Crippen LogP contribution in [0.4, 0.5) is 13.2 Å². The van der Waals surface area contributed by atoms with Crippen LogP contribution in [0.1, 0.15) is 27.1 Å². The van der Waals surface area contributed by atoms with E-state index in [1.54, 1.807) is 24.3 Å². The number of rotatable bonds is 8. The van der Waals surface area contributed by atoms with Crippen molar-refractivity contribution in [3.8, 4) is 0 Å². The highest BCUT2D eigenvalue weighted by Crippen LogP contribution is 2.33. The van der Waals surface area contributed by atoms with E-state index >= 15 is 0 Å². The molecule has 0 amide bonds. The van der Waals surface area contributed by atoms with Crippen molar-refractivity contribution in [1.29, 1.82) is 0 Å². The molecule has 4 unspecified atom stereocenters. The van der Waals surface area contributed by atoms with Gasteiger partial charge in [-0.1, -0.05) is 36.4 Å². The zero-order valence-corrected chi connectivity index (χ0v) is 19.0. The number of carbonyl (C=O) groups is 2. The third-order valence-electron chi connectivity index (χ3n) is 4.92. The van der Waals surface area contributed by atoms with Crippen LogP contribution in [0.2, 0.25) is 0 Å². The van der Waals surface area contributed by atoms with Crippen LogP contribution >= 0.6 is 0 Å². The van der Waals surface area contributed by atoms with Gasteiger partial charge in [-0.2, -0.15) is 21.6 Å². The normalized spacial score (nSPS) is 22.9. The number of hydrogen-bond acceptors (Lipinski definition) is 9. The molecule has 190 valence electrons. The highest BCUT2D eigenvalue weighted by molar-refractivity contribution is 7.87. The van der Waals surface area contributed by atoms with Crippen molar-refractivity contribution >= 4 is 22.1 Å². The Morgan fingerprint density at radius 3 is 2.03 bits per heavy atom. The van der Waals surface area contributed by atoms with Crippen LogP contribution in [0.15, 0.2) is 60.7 Å². The number of alkyl halides is 3. The summed E-state index contributed by atoms with van der Waals surface area (Å²) in [6, 6.07) is 15.2. The quantitative estimate of drug-likeness (QED) is 0.295. The first kappa shape index (κ1) is 26.6. The fraction of sp³-hybridized carbons (Fsp3) is 0.364. The maximum atomic E-state index is 13.1. The number of carbonyl (C=O) groups excluding carboxylic acids is 2. The second kappa shape index (κ2) is 11.2. The van der Waals surface area contributed by atoms with Crippen molar-refractivity contribution in [2.45, 2.75) is 36.5 Å². The number of hydrogen-bond donors (Lipinski definition) is 0. The zero-order valence-electron chi connectivity index (χ0n) is 18.2. The SMILES string of the molecule is COC1CC(OC(=O)c2ccccc2)C(OS(=O)(=O)C(F)(F)F)C(COC(=O)c2ccccc2)O1. The second-order valence-corrected chi connectivity index (χ2v) is 8.87. The van der Waals surface area contributed by atoms with Gasteiger partial charge in [0.05, 0.1) is 11.1 Å². The molecular weight excluding hydrogens is 497 g/mol. The van der Waals surface area contributed by atoms with E-state index in [1.165, 1.54) is 43.5 Å². The van der Waals surface area contributed by atoms with Gasteiger partial charge in [0.1, 0.15) is 24.9 Å². The van der Waals surface area contributed by atoms with Crippen molar-refractivity contribution in [3.63, 3.8) is 0 Å². The highest BCUT2D eigenvalue weighted by Gasteiger charge is 2.53. The molecular formula is C22H21F3O9S. The Morgan fingerprint density at radius 1 is 0.971 bits per heavy atom. The third-order valence-corrected chi connectivity index (χ3v) is 5.97. The van der Waals surface area contributed by atoms with Crippen LogP contribution in [0.3, 0.4) is 0 Å². The maximum Gasteiger partial charge on any atom is 0.523 e. The topological polar surface area (TPSA) is 114 Å². The van der Waals surface area contributed by atoms with Gasteiger partial charge in [-0.15, -0.1) is 0 Å². The molecule has 3 rings (SSSR count). The minimum Gasteiger partial charge on any atom is -0.459 e. The smallest absolute Gasteiger partial charge is 0.459 e. The van der Waals surface area contributed by atoms with Gasteiger partial charge in [0.2, 0.25) is 0 Å². The zero-order chi connectivity index (χ0) is 25.6. The first-order chi connectivity index (χ1) is 16.5. The standard InChI is InChI=1S/C22H21F3O9S/c1-30-18-12-16(33-21(27)15-10-6-3-7-11-15)19(34-35(28,29)22(23,24)25)17(32-18)13-31-20(26)14-8-4-2-5-9-14/h2-11,16-19H,12-13H2,1H3. The largest absolute Gasteiger partial charge is 0.523 e. The van der Waals surface area contributed by atoms with Gasteiger partial charge in [-0.25, -0.2) is 9.59 Å². The number of halogens is 3. The van der Waals surface area contributed by atoms with E-state index in [1.807, 2.05) is 0 Å². The van der Waals surface area contributed by atoms with E-state index in [4.69, 9.17) is 18.9 Å². The molecule has 35 heavy (non-hydrogen) atoms. The molecule has 0 spiro atoms. The first-order valence-corrected chi connectivity index (χ1v) is 11.6. The number of methoxy groups -OCH3 is 1. The van der Waals surface area contributed by atoms with Crippen molar-refractivity contribution in [2.75, 3.05) is 13.7 Å². The minimum atomic E-state index is -6.13. The summed E-state index contributed by atoms with van der Waals surface area (Å²) in [6.07, 6.45) is -6.62. The molecule has 0 N–H and O–H groups in total. The van der Waals surface area contributed by atoms with Crippen LogP contribution in [0.5, 0.6) is 0 Å². The van der Waals surface area contributed by atoms with E-state index < -0.39 is 58.8 Å². The van der Waals surface area contributed by atoms with Crippen LogP contribution < -0.4 is 0 Å². The van der Waals surface area contributed by atoms with Crippen molar-refractivity contribution in [1.82, 2.24) is 0 Å². The monoisotopic (exact) mass is 518 g/mol. The van der Waals surface area contributed by atoms with Crippen LogP contribution in [-0.4, -0.2) is 64.2 Å². The van der Waals surface area contributed by atoms with E-state index in [9.17, 15) is 31.2 Å². The molecule has 1 aliphatic rings. The van der Waals surface area contributed by atoms with E-state index in [0.29, 0.717) is 0 Å². The summed E-state index contributed by atoms with van der Waals surface area (Å²) in [4.78, 5) is 24.9. The summed E-state index contributed by atoms with van der Waals surface area (Å²) >= 11 is 0. The lowest BCUT2D eigenvalue weighted by Crippen LogP contribution is -2.55. The molecule has 0 aromatic heterocycles. The van der Waals surface area contributed by atoms with Crippen LogP contribution in [-0.2, 0) is 33.2 Å². The third kappa shape index (κ3) is 6.78. The molecule has 13 heteroatoms. The lowest BCUT2D eigenvalue weighted by molar-refractivity contribution is -0.244. The molecule has 1 saturated heterocycles. The first-order valence-electron chi connectivity index (χ1n) is 10.2. The Labute approximate surface area is 198 Å². The van der Waals surface area contributed by atoms with Crippen molar-refractivity contribution in [2.24, 2.45) is 0 Å². The Balaban J connectivity index is 1.87. The van der Waals surface area contributed by atoms with Gasteiger partial charge in [0, 0.05) is 13.5 Å². The molecule has 0 radical (unpaired) electrons. The van der Waals surface area contributed by atoms with Crippen LogP contribution in [0.25, 0.3) is 0 Å². The fourth-order valence-electron chi connectivity index (χ4n) is 3.21. The molecule has 0 aliphatic carbocycles. The predicted octanol–water partition coefficient (Wildman–Crippen LogP) is 3.07. The lowest BCUT2D eigenvalue weighted by atomic mass is 10.0. The van der Waals surface area contributed by atoms with Crippen molar-refractivity contribution < 1.29 is 54.3 Å². The summed E-state index contributed by atoms with van der Waals surface area (Å²) in [6.45, 7) is -0.717. The van der Waals surface area contributed by atoms with Crippen molar-refractivity contribution in [3.05, 3.63) is 71.8 Å². The molecule has 2 aromatic rings. The second-order valence-electron chi connectivity index (χ2n) is 7.31. The van der Waals surface area contributed by atoms with Gasteiger partial charge in [0.25, 0.3) is 0 Å². The summed E-state index contributed by atoms with van der Waals surface area (Å²) in [7, 11) is -4.91. The Bertz CT molecular complexity index is 1110. The molecule has 1 fully saturated rings. The molecule has 2 aromatic carbocycles.